The summed E-state index contributed by atoms with van der Waals surface area (Å²) in [7, 11) is -4.09. The number of hydrogen-bond acceptors (Lipinski definition) is 5. The molecule has 33 heavy (non-hydrogen) atoms. The molecule has 1 aliphatic carbocycles. The number of ether oxygens (including phenoxy) is 1. The van der Waals surface area contributed by atoms with Crippen molar-refractivity contribution in [3.8, 4) is 16.9 Å². The Morgan fingerprint density at radius 3 is 2.82 bits per heavy atom. The summed E-state index contributed by atoms with van der Waals surface area (Å²) in [6, 6.07) is 12.4. The standard InChI is InChI=1S/C24H26N4O4S/c29-24-25-23-20-9-5-6-17(20)10-11-21(23)18-7-4-8-19(16-18)32-15-3-1-2-13-28-14-12-22(26-28)33(30,31)27-24/h4,7-8,10-12,14,16H,1-3,5-6,9,13,15H2,(H2,25,27,29). The molecule has 0 atom stereocenters. The molecule has 5 rings (SSSR count). The van der Waals surface area contributed by atoms with Crippen LogP contribution in [0.4, 0.5) is 10.5 Å². The third-order valence-electron chi connectivity index (χ3n) is 6.09. The third kappa shape index (κ3) is 4.59. The van der Waals surface area contributed by atoms with Gasteiger partial charge in [-0.05, 0) is 73.4 Å². The normalized spacial score (nSPS) is 18.0. The van der Waals surface area contributed by atoms with Crippen molar-refractivity contribution in [1.29, 1.82) is 0 Å². The van der Waals surface area contributed by atoms with E-state index in [2.05, 4.69) is 21.2 Å². The van der Waals surface area contributed by atoms with Gasteiger partial charge < -0.3 is 10.1 Å². The zero-order chi connectivity index (χ0) is 22.8. The van der Waals surface area contributed by atoms with Crippen molar-refractivity contribution in [1.82, 2.24) is 14.5 Å². The number of urea groups is 1. The number of amides is 2. The number of aromatic nitrogens is 2. The monoisotopic (exact) mass is 466 g/mol. The van der Waals surface area contributed by atoms with Gasteiger partial charge in [0.15, 0.2) is 5.03 Å². The van der Waals surface area contributed by atoms with Crippen LogP contribution in [0, 0.1) is 0 Å². The topological polar surface area (TPSA) is 102 Å². The summed E-state index contributed by atoms with van der Waals surface area (Å²) in [5, 5.41) is 6.79. The summed E-state index contributed by atoms with van der Waals surface area (Å²) in [5.74, 6) is 0.767. The van der Waals surface area contributed by atoms with Gasteiger partial charge in [-0.1, -0.05) is 24.3 Å². The molecule has 0 spiro atoms. The van der Waals surface area contributed by atoms with Crippen LogP contribution in [-0.2, 0) is 29.4 Å². The van der Waals surface area contributed by atoms with E-state index in [1.807, 2.05) is 30.3 Å². The molecule has 1 aromatic heterocycles. The lowest BCUT2D eigenvalue weighted by Crippen LogP contribution is -2.35. The largest absolute Gasteiger partial charge is 0.494 e. The molecule has 2 N–H and O–H groups in total. The molecule has 2 heterocycles. The molecule has 172 valence electrons. The fourth-order valence-corrected chi connectivity index (χ4v) is 5.32. The van der Waals surface area contributed by atoms with E-state index in [1.165, 1.54) is 11.6 Å². The SMILES string of the molecule is O=C1Nc2c(ccc3c2CCC3)-c2cccc(c2)OCCCCCn2ccc(n2)S(=O)(=O)N1. The van der Waals surface area contributed by atoms with Crippen LogP contribution in [-0.4, -0.2) is 30.8 Å². The first-order valence-corrected chi connectivity index (χ1v) is 12.7. The average Bonchev–Trinajstić information content (AvgIpc) is 3.46. The maximum atomic E-state index is 12.8. The van der Waals surface area contributed by atoms with Crippen LogP contribution in [0.1, 0.15) is 36.8 Å². The highest BCUT2D eigenvalue weighted by molar-refractivity contribution is 7.90. The molecule has 3 aromatic rings. The fourth-order valence-electron chi connectivity index (χ4n) is 4.47. The smallest absolute Gasteiger partial charge is 0.333 e. The Morgan fingerprint density at radius 1 is 1.00 bits per heavy atom. The second-order valence-corrected chi connectivity index (χ2v) is 10.0. The van der Waals surface area contributed by atoms with Crippen molar-refractivity contribution in [3.63, 3.8) is 0 Å². The molecule has 2 amide bonds. The maximum absolute atomic E-state index is 12.8. The molecule has 0 unspecified atom stereocenters. The number of fused-ring (bicyclic) bond motifs is 8. The molecule has 1 aliphatic heterocycles. The quantitative estimate of drug-likeness (QED) is 0.519. The van der Waals surface area contributed by atoms with Crippen molar-refractivity contribution in [2.45, 2.75) is 50.1 Å². The molecule has 4 bridgehead atoms. The fraction of sp³-hybridized carbons (Fsp3) is 0.333. The van der Waals surface area contributed by atoms with Gasteiger partial charge in [0.2, 0.25) is 0 Å². The number of nitrogens with zero attached hydrogens (tertiary/aromatic N) is 2. The lowest BCUT2D eigenvalue weighted by molar-refractivity contribution is 0.256. The second-order valence-electron chi connectivity index (χ2n) is 8.39. The van der Waals surface area contributed by atoms with Crippen molar-refractivity contribution in [2.24, 2.45) is 0 Å². The number of carbonyl (C=O) groups is 1. The van der Waals surface area contributed by atoms with Crippen molar-refractivity contribution < 1.29 is 17.9 Å². The van der Waals surface area contributed by atoms with Gasteiger partial charge in [-0.3, -0.25) is 4.68 Å². The molecule has 0 fully saturated rings. The van der Waals surface area contributed by atoms with Crippen LogP contribution in [0.3, 0.4) is 0 Å². The van der Waals surface area contributed by atoms with Crippen LogP contribution < -0.4 is 14.8 Å². The molecule has 2 aliphatic rings. The number of benzene rings is 2. The van der Waals surface area contributed by atoms with Crippen LogP contribution >= 0.6 is 0 Å². The molecular weight excluding hydrogens is 440 g/mol. The summed E-state index contributed by atoms with van der Waals surface area (Å²) in [6.07, 6.45) is 7.03. The molecular formula is C24H26N4O4S. The molecule has 2 aromatic carbocycles. The van der Waals surface area contributed by atoms with E-state index in [-0.39, 0.29) is 5.03 Å². The van der Waals surface area contributed by atoms with Gasteiger partial charge in [-0.25, -0.2) is 9.52 Å². The second kappa shape index (κ2) is 8.90. The number of sulfonamides is 1. The number of hydrogen-bond donors (Lipinski definition) is 2. The lowest BCUT2D eigenvalue weighted by Gasteiger charge is -2.17. The van der Waals surface area contributed by atoms with Gasteiger partial charge in [-0.2, -0.15) is 13.5 Å². The van der Waals surface area contributed by atoms with Crippen LogP contribution in [0.2, 0.25) is 0 Å². The van der Waals surface area contributed by atoms with Crippen LogP contribution in [0.15, 0.2) is 53.7 Å². The minimum absolute atomic E-state index is 0.173. The highest BCUT2D eigenvalue weighted by atomic mass is 32.2. The van der Waals surface area contributed by atoms with E-state index in [9.17, 15) is 13.2 Å². The molecule has 0 saturated carbocycles. The van der Waals surface area contributed by atoms with E-state index in [4.69, 9.17) is 4.74 Å². The minimum Gasteiger partial charge on any atom is -0.494 e. The first-order valence-electron chi connectivity index (χ1n) is 11.2. The van der Waals surface area contributed by atoms with Crippen molar-refractivity contribution in [3.05, 3.63) is 59.8 Å². The highest BCUT2D eigenvalue weighted by Gasteiger charge is 2.24. The Morgan fingerprint density at radius 2 is 1.91 bits per heavy atom. The van der Waals surface area contributed by atoms with E-state index in [0.717, 1.165) is 61.0 Å². The number of carbonyl (C=O) groups excluding carboxylic acids is 1. The van der Waals surface area contributed by atoms with E-state index < -0.39 is 16.1 Å². The Kier molecular flexibility index (Phi) is 5.80. The average molecular weight is 467 g/mol. The van der Waals surface area contributed by atoms with Crippen molar-refractivity contribution in [2.75, 3.05) is 11.9 Å². The Bertz CT molecular complexity index is 1300. The third-order valence-corrected chi connectivity index (χ3v) is 7.31. The molecule has 9 heteroatoms. The zero-order valence-electron chi connectivity index (χ0n) is 18.2. The molecule has 0 saturated heterocycles. The predicted molar refractivity (Wildman–Crippen MR) is 125 cm³/mol. The number of rotatable bonds is 0. The van der Waals surface area contributed by atoms with E-state index in [1.54, 1.807) is 10.9 Å². The van der Waals surface area contributed by atoms with Gasteiger partial charge in [0.25, 0.3) is 10.0 Å². The Hall–Kier alpha value is -3.33. The molecule has 0 radical (unpaired) electrons. The number of nitrogens with one attached hydrogen (secondary N) is 2. The van der Waals surface area contributed by atoms with Gasteiger partial charge >= 0.3 is 6.03 Å². The first-order chi connectivity index (χ1) is 16.0. The van der Waals surface area contributed by atoms with Gasteiger partial charge in [0.05, 0.1) is 12.3 Å². The van der Waals surface area contributed by atoms with E-state index >= 15 is 0 Å². The van der Waals surface area contributed by atoms with Crippen LogP contribution in [0.25, 0.3) is 11.1 Å². The lowest BCUT2D eigenvalue weighted by atomic mass is 9.97. The Labute approximate surface area is 193 Å². The van der Waals surface area contributed by atoms with Gasteiger partial charge in [0, 0.05) is 18.3 Å². The summed E-state index contributed by atoms with van der Waals surface area (Å²) in [4.78, 5) is 12.8. The Balaban J connectivity index is 1.54. The van der Waals surface area contributed by atoms with Crippen molar-refractivity contribution >= 4 is 21.7 Å². The van der Waals surface area contributed by atoms with E-state index in [0.29, 0.717) is 18.8 Å². The summed E-state index contributed by atoms with van der Waals surface area (Å²) < 4.78 is 35.2. The van der Waals surface area contributed by atoms with Gasteiger partial charge in [-0.15, -0.1) is 0 Å². The summed E-state index contributed by atoms with van der Waals surface area (Å²) in [6.45, 7) is 1.19. The molecule has 8 nitrogen and oxygen atoms in total. The first kappa shape index (κ1) is 21.5. The van der Waals surface area contributed by atoms with Gasteiger partial charge in [0.1, 0.15) is 5.75 Å². The highest BCUT2D eigenvalue weighted by Crippen LogP contribution is 2.38. The number of anilines is 1. The number of aryl methyl sites for hydroxylation is 2. The maximum Gasteiger partial charge on any atom is 0.333 e. The summed E-state index contributed by atoms with van der Waals surface area (Å²) in [5.41, 5.74) is 4.59. The predicted octanol–water partition coefficient (Wildman–Crippen LogP) is 4.11. The minimum atomic E-state index is -4.09. The van der Waals surface area contributed by atoms with Crippen LogP contribution in [0.5, 0.6) is 5.75 Å². The zero-order valence-corrected chi connectivity index (χ0v) is 19.0. The summed E-state index contributed by atoms with van der Waals surface area (Å²) >= 11 is 0.